The fraction of sp³-hybridized carbons (Fsp3) is 0.333. The number of nitrogens with one attached hydrogen (secondary N) is 1. The lowest BCUT2D eigenvalue weighted by Gasteiger charge is -2.16. The van der Waals surface area contributed by atoms with Crippen molar-refractivity contribution in [2.45, 2.75) is 32.1 Å². The monoisotopic (exact) mass is 353 g/mol. The molecule has 0 saturated heterocycles. The molecule has 1 saturated carbocycles. The van der Waals surface area contributed by atoms with Gasteiger partial charge in [-0.25, -0.2) is 4.79 Å². The molecule has 1 aliphatic rings. The van der Waals surface area contributed by atoms with Gasteiger partial charge in [-0.05, 0) is 56.5 Å². The maximum atomic E-state index is 12.8. The number of anilines is 1. The lowest BCUT2D eigenvalue weighted by molar-refractivity contribution is -0.145. The number of carbonyl (C=O) groups excluding carboxylic acids is 2. The van der Waals surface area contributed by atoms with Gasteiger partial charge in [0, 0.05) is 5.69 Å². The smallest absolute Gasteiger partial charge is 0.344 e. The van der Waals surface area contributed by atoms with Crippen LogP contribution < -0.4 is 10.1 Å². The van der Waals surface area contributed by atoms with Gasteiger partial charge in [0.2, 0.25) is 5.91 Å². The number of ether oxygens (including phenoxy) is 2. The van der Waals surface area contributed by atoms with Crippen LogP contribution in [0.15, 0.2) is 48.5 Å². The first-order chi connectivity index (χ1) is 12.5. The summed E-state index contributed by atoms with van der Waals surface area (Å²) in [4.78, 5) is 24.0. The van der Waals surface area contributed by atoms with Gasteiger partial charge in [-0.2, -0.15) is 0 Å². The van der Waals surface area contributed by atoms with E-state index in [0.717, 1.165) is 18.4 Å². The number of carbonyl (C=O) groups is 2. The highest BCUT2D eigenvalue weighted by atomic mass is 16.6. The summed E-state index contributed by atoms with van der Waals surface area (Å²) in [7, 11) is 0. The van der Waals surface area contributed by atoms with Gasteiger partial charge < -0.3 is 14.8 Å². The molecule has 0 bridgehead atoms. The summed E-state index contributed by atoms with van der Waals surface area (Å²) in [5.41, 5.74) is 2.54. The lowest BCUT2D eigenvalue weighted by atomic mass is 9.94. The molecular weight excluding hydrogens is 330 g/mol. The maximum absolute atomic E-state index is 12.8. The minimum Gasteiger partial charge on any atom is -0.482 e. The van der Waals surface area contributed by atoms with Gasteiger partial charge in [-0.15, -0.1) is 0 Å². The number of rotatable bonds is 7. The molecule has 2 aromatic rings. The average Bonchev–Trinajstić information content (AvgIpc) is 3.44. The molecule has 0 radical (unpaired) electrons. The molecule has 0 aliphatic heterocycles. The Morgan fingerprint density at radius 2 is 1.69 bits per heavy atom. The van der Waals surface area contributed by atoms with Gasteiger partial charge in [0.05, 0.1) is 12.0 Å². The molecule has 0 aromatic heterocycles. The second-order valence-corrected chi connectivity index (χ2v) is 6.52. The first-order valence-corrected chi connectivity index (χ1v) is 8.80. The van der Waals surface area contributed by atoms with Crippen molar-refractivity contribution in [3.05, 3.63) is 59.7 Å². The van der Waals surface area contributed by atoms with Crippen molar-refractivity contribution < 1.29 is 19.1 Å². The topological polar surface area (TPSA) is 64.6 Å². The summed E-state index contributed by atoms with van der Waals surface area (Å²) in [6.07, 6.45) is 1.73. The first-order valence-electron chi connectivity index (χ1n) is 8.80. The Kier molecular flexibility index (Phi) is 5.26. The van der Waals surface area contributed by atoms with Crippen LogP contribution >= 0.6 is 0 Å². The highest BCUT2D eigenvalue weighted by Crippen LogP contribution is 2.49. The minimum atomic E-state index is -0.410. The van der Waals surface area contributed by atoms with Crippen LogP contribution in [0.4, 0.5) is 5.69 Å². The van der Waals surface area contributed by atoms with E-state index >= 15 is 0 Å². The molecule has 1 fully saturated rings. The molecule has 5 heteroatoms. The molecular formula is C21H23NO4. The van der Waals surface area contributed by atoms with Crippen molar-refractivity contribution in [3.63, 3.8) is 0 Å². The van der Waals surface area contributed by atoms with Crippen LogP contribution in [0.25, 0.3) is 0 Å². The molecule has 3 rings (SSSR count). The van der Waals surface area contributed by atoms with E-state index in [9.17, 15) is 9.59 Å². The summed E-state index contributed by atoms with van der Waals surface area (Å²) in [5, 5.41) is 2.98. The molecule has 0 atom stereocenters. The fourth-order valence-corrected chi connectivity index (χ4v) is 2.87. The quantitative estimate of drug-likeness (QED) is 0.773. The third-order valence-corrected chi connectivity index (χ3v) is 4.56. The van der Waals surface area contributed by atoms with Gasteiger partial charge in [-0.3, -0.25) is 4.79 Å². The van der Waals surface area contributed by atoms with Crippen LogP contribution in [0, 0.1) is 6.92 Å². The van der Waals surface area contributed by atoms with Crippen LogP contribution in [0.5, 0.6) is 5.75 Å². The van der Waals surface area contributed by atoms with Crippen LogP contribution in [-0.4, -0.2) is 25.1 Å². The fourth-order valence-electron chi connectivity index (χ4n) is 2.87. The molecule has 0 spiro atoms. The SMILES string of the molecule is CCOC(=O)COc1ccc(NC(=O)C2(c3ccc(C)cc3)CC2)cc1. The molecule has 0 unspecified atom stereocenters. The number of esters is 1. The molecule has 1 aliphatic carbocycles. The highest BCUT2D eigenvalue weighted by Gasteiger charge is 2.51. The van der Waals surface area contributed by atoms with E-state index < -0.39 is 11.4 Å². The Labute approximate surface area is 153 Å². The summed E-state index contributed by atoms with van der Waals surface area (Å²) in [6, 6.07) is 15.1. The molecule has 26 heavy (non-hydrogen) atoms. The molecule has 136 valence electrons. The largest absolute Gasteiger partial charge is 0.482 e. The van der Waals surface area contributed by atoms with E-state index in [1.807, 2.05) is 31.2 Å². The Morgan fingerprint density at radius 3 is 2.27 bits per heavy atom. The zero-order chi connectivity index (χ0) is 18.6. The molecule has 1 N–H and O–H groups in total. The standard InChI is InChI=1S/C21H23NO4/c1-3-25-19(23)14-26-18-10-8-17(9-11-18)22-20(24)21(12-13-21)16-6-4-15(2)5-7-16/h4-11H,3,12-14H2,1-2H3,(H,22,24). The zero-order valence-corrected chi connectivity index (χ0v) is 15.1. The summed E-state index contributed by atoms with van der Waals surface area (Å²) < 4.78 is 10.2. The number of hydrogen-bond acceptors (Lipinski definition) is 4. The van der Waals surface area contributed by atoms with Crippen LogP contribution in [0.1, 0.15) is 30.9 Å². The normalized spacial score (nSPS) is 14.4. The Bertz CT molecular complexity index is 777. The Balaban J connectivity index is 1.59. The number of amides is 1. The Hall–Kier alpha value is -2.82. The summed E-state index contributed by atoms with van der Waals surface area (Å²) in [5.74, 6) is 0.163. The van der Waals surface area contributed by atoms with Crippen LogP contribution in [0.3, 0.4) is 0 Å². The van der Waals surface area contributed by atoms with E-state index in [-0.39, 0.29) is 12.5 Å². The van der Waals surface area contributed by atoms with Crippen molar-refractivity contribution in [2.75, 3.05) is 18.5 Å². The van der Waals surface area contributed by atoms with Crippen molar-refractivity contribution in [1.82, 2.24) is 0 Å². The van der Waals surface area contributed by atoms with E-state index in [4.69, 9.17) is 9.47 Å². The number of benzene rings is 2. The van der Waals surface area contributed by atoms with E-state index in [2.05, 4.69) is 5.32 Å². The summed E-state index contributed by atoms with van der Waals surface area (Å²) in [6.45, 7) is 3.99. The van der Waals surface area contributed by atoms with Crippen molar-refractivity contribution in [1.29, 1.82) is 0 Å². The lowest BCUT2D eigenvalue weighted by Crippen LogP contribution is -2.27. The third-order valence-electron chi connectivity index (χ3n) is 4.56. The predicted molar refractivity (Wildman–Crippen MR) is 99.3 cm³/mol. The highest BCUT2D eigenvalue weighted by molar-refractivity contribution is 6.01. The molecule has 1 amide bonds. The van der Waals surface area contributed by atoms with Gasteiger partial charge >= 0.3 is 5.97 Å². The average molecular weight is 353 g/mol. The van der Waals surface area contributed by atoms with Gasteiger partial charge in [0.1, 0.15) is 5.75 Å². The van der Waals surface area contributed by atoms with Crippen molar-refractivity contribution >= 4 is 17.6 Å². The van der Waals surface area contributed by atoms with Crippen LogP contribution in [-0.2, 0) is 19.7 Å². The zero-order valence-electron chi connectivity index (χ0n) is 15.1. The first kappa shape index (κ1) is 18.0. The molecule has 2 aromatic carbocycles. The Morgan fingerprint density at radius 1 is 1.04 bits per heavy atom. The van der Waals surface area contributed by atoms with Crippen LogP contribution in [0.2, 0.25) is 0 Å². The second-order valence-electron chi connectivity index (χ2n) is 6.52. The number of aryl methyl sites for hydroxylation is 1. The van der Waals surface area contributed by atoms with Gasteiger partial charge in [0.25, 0.3) is 0 Å². The third kappa shape index (κ3) is 4.04. The van der Waals surface area contributed by atoms with Gasteiger partial charge in [-0.1, -0.05) is 29.8 Å². The van der Waals surface area contributed by atoms with Gasteiger partial charge in [0.15, 0.2) is 6.61 Å². The molecule has 5 nitrogen and oxygen atoms in total. The van der Waals surface area contributed by atoms with E-state index in [1.165, 1.54) is 5.56 Å². The summed E-state index contributed by atoms with van der Waals surface area (Å²) >= 11 is 0. The minimum absolute atomic E-state index is 0.0153. The van der Waals surface area contributed by atoms with E-state index in [0.29, 0.717) is 18.0 Å². The maximum Gasteiger partial charge on any atom is 0.344 e. The van der Waals surface area contributed by atoms with Crippen molar-refractivity contribution in [3.8, 4) is 5.75 Å². The second kappa shape index (κ2) is 7.60. The molecule has 0 heterocycles. The predicted octanol–water partition coefficient (Wildman–Crippen LogP) is 3.61. The van der Waals surface area contributed by atoms with E-state index in [1.54, 1.807) is 31.2 Å². The number of hydrogen-bond donors (Lipinski definition) is 1. The van der Waals surface area contributed by atoms with Crippen molar-refractivity contribution in [2.24, 2.45) is 0 Å².